The molecule has 0 spiro atoms. The van der Waals surface area contributed by atoms with Gasteiger partial charge in [0.2, 0.25) is 16.0 Å². The van der Waals surface area contributed by atoms with E-state index in [1.165, 1.54) is 4.31 Å². The Morgan fingerprint density at radius 2 is 1.74 bits per heavy atom. The van der Waals surface area contributed by atoms with Crippen molar-refractivity contribution in [3.63, 3.8) is 0 Å². The molecule has 0 N–H and O–H groups in total. The van der Waals surface area contributed by atoms with Crippen molar-refractivity contribution in [1.29, 1.82) is 0 Å². The van der Waals surface area contributed by atoms with Gasteiger partial charge >= 0.3 is 0 Å². The lowest BCUT2D eigenvalue weighted by Crippen LogP contribution is -2.46. The first-order valence-electron chi connectivity index (χ1n) is 12.4. The van der Waals surface area contributed by atoms with Gasteiger partial charge in [0.15, 0.2) is 0 Å². The number of anilines is 1. The molecule has 0 unspecified atom stereocenters. The van der Waals surface area contributed by atoms with Crippen molar-refractivity contribution < 1.29 is 13.2 Å². The predicted molar refractivity (Wildman–Crippen MR) is 134 cm³/mol. The summed E-state index contributed by atoms with van der Waals surface area (Å²) in [6.45, 7) is 8.93. The van der Waals surface area contributed by atoms with Gasteiger partial charge in [-0.15, -0.1) is 0 Å². The number of piperazine rings is 1. The number of benzene rings is 1. The summed E-state index contributed by atoms with van der Waals surface area (Å²) in [5.41, 5.74) is 1.73. The molecule has 4 heterocycles. The monoisotopic (exact) mass is 499 g/mol. The molecule has 35 heavy (non-hydrogen) atoms. The van der Waals surface area contributed by atoms with E-state index >= 15 is 0 Å². The first-order chi connectivity index (χ1) is 17.1. The highest BCUT2D eigenvalue weighted by atomic mass is 32.2. The van der Waals surface area contributed by atoms with Crippen molar-refractivity contribution in [2.45, 2.75) is 37.8 Å². The van der Waals surface area contributed by atoms with E-state index < -0.39 is 10.0 Å². The Kier molecular flexibility index (Phi) is 7.28. The summed E-state index contributed by atoms with van der Waals surface area (Å²) in [6.07, 6.45) is 5.68. The third kappa shape index (κ3) is 5.18. The molecule has 2 fully saturated rings. The molecule has 2 saturated heterocycles. The van der Waals surface area contributed by atoms with Gasteiger partial charge in [0.1, 0.15) is 5.82 Å². The zero-order valence-corrected chi connectivity index (χ0v) is 21.0. The molecule has 0 bridgehead atoms. The lowest BCUT2D eigenvalue weighted by Gasteiger charge is -2.34. The molecular weight excluding hydrogens is 466 g/mol. The van der Waals surface area contributed by atoms with Crippen LogP contribution in [0.1, 0.15) is 25.6 Å². The van der Waals surface area contributed by atoms with E-state index in [1.54, 1.807) is 24.5 Å². The maximum atomic E-state index is 13.2. The molecule has 0 amide bonds. The number of hydrogen-bond donors (Lipinski definition) is 0. The normalized spacial score (nSPS) is 18.4. The molecule has 188 valence electrons. The summed E-state index contributed by atoms with van der Waals surface area (Å²) in [6, 6.07) is 7.20. The Balaban J connectivity index is 1.36. The number of fused-ring (bicyclic) bond motifs is 1. The quantitative estimate of drug-likeness (QED) is 0.464. The van der Waals surface area contributed by atoms with E-state index in [4.69, 9.17) is 9.72 Å². The zero-order valence-electron chi connectivity index (χ0n) is 20.2. The SMILES string of the molecule is CCCCn1c(CN2CCN(c3ncccn3)CC2)nc2cc(S(=O)(=O)N3CCOCC3)ccc21. The number of unbranched alkanes of at least 4 members (excludes halogenated alkanes) is 1. The fourth-order valence-corrected chi connectivity index (χ4v) is 6.13. The molecule has 3 aromatic rings. The number of ether oxygens (including phenoxy) is 1. The smallest absolute Gasteiger partial charge is 0.243 e. The Bertz CT molecular complexity index is 1230. The van der Waals surface area contributed by atoms with Crippen molar-refractivity contribution in [3.8, 4) is 0 Å². The molecule has 0 atom stereocenters. The van der Waals surface area contributed by atoms with Gasteiger partial charge in [-0.2, -0.15) is 4.31 Å². The van der Waals surface area contributed by atoms with Crippen molar-refractivity contribution in [2.24, 2.45) is 0 Å². The first kappa shape index (κ1) is 24.1. The molecule has 2 aliphatic rings. The summed E-state index contributed by atoms with van der Waals surface area (Å²) in [5.74, 6) is 1.76. The van der Waals surface area contributed by atoms with Crippen LogP contribution in [0.2, 0.25) is 0 Å². The highest BCUT2D eigenvalue weighted by Crippen LogP contribution is 2.25. The molecule has 11 heteroatoms. The third-order valence-electron chi connectivity index (χ3n) is 6.71. The Hall–Kier alpha value is -2.60. The van der Waals surface area contributed by atoms with E-state index in [-0.39, 0.29) is 0 Å². The van der Waals surface area contributed by atoms with Crippen LogP contribution in [0.15, 0.2) is 41.6 Å². The number of morpholine rings is 1. The third-order valence-corrected chi connectivity index (χ3v) is 8.61. The van der Waals surface area contributed by atoms with E-state index in [0.29, 0.717) is 31.2 Å². The molecular formula is C24H33N7O3S. The van der Waals surface area contributed by atoms with E-state index in [1.807, 2.05) is 12.1 Å². The van der Waals surface area contributed by atoms with Crippen LogP contribution in [0.4, 0.5) is 5.95 Å². The lowest BCUT2D eigenvalue weighted by atomic mass is 10.3. The summed E-state index contributed by atoms with van der Waals surface area (Å²) >= 11 is 0. The summed E-state index contributed by atoms with van der Waals surface area (Å²) in [4.78, 5) is 18.6. The van der Waals surface area contributed by atoms with Gasteiger partial charge in [0, 0.05) is 58.2 Å². The van der Waals surface area contributed by atoms with Crippen LogP contribution >= 0.6 is 0 Å². The molecule has 10 nitrogen and oxygen atoms in total. The lowest BCUT2D eigenvalue weighted by molar-refractivity contribution is 0.0730. The second-order valence-electron chi connectivity index (χ2n) is 9.01. The van der Waals surface area contributed by atoms with Gasteiger partial charge in [0.25, 0.3) is 0 Å². The van der Waals surface area contributed by atoms with E-state index in [9.17, 15) is 8.42 Å². The van der Waals surface area contributed by atoms with Crippen LogP contribution in [0.25, 0.3) is 11.0 Å². The van der Waals surface area contributed by atoms with Gasteiger partial charge in [-0.25, -0.2) is 23.4 Å². The van der Waals surface area contributed by atoms with Crippen LogP contribution in [0, 0.1) is 0 Å². The topological polar surface area (TPSA) is 96.7 Å². The van der Waals surface area contributed by atoms with E-state index in [2.05, 4.69) is 31.3 Å². The average Bonchev–Trinajstić information content (AvgIpc) is 3.25. The fourth-order valence-electron chi connectivity index (χ4n) is 4.70. The number of aromatic nitrogens is 4. The van der Waals surface area contributed by atoms with Gasteiger partial charge in [-0.3, -0.25) is 4.90 Å². The average molecular weight is 500 g/mol. The number of imidazole rings is 1. The number of rotatable bonds is 8. The standard InChI is InChI=1S/C24H33N7O3S/c1-2-3-9-31-22-6-5-20(35(32,33)30-14-16-34-17-15-30)18-21(22)27-23(31)19-28-10-12-29(13-11-28)24-25-7-4-8-26-24/h4-8,18H,2-3,9-17,19H2,1H3. The highest BCUT2D eigenvalue weighted by molar-refractivity contribution is 7.89. The van der Waals surface area contributed by atoms with Gasteiger partial charge in [-0.05, 0) is 30.7 Å². The molecule has 1 aromatic carbocycles. The van der Waals surface area contributed by atoms with Gasteiger partial charge in [0.05, 0.1) is 35.7 Å². The summed E-state index contributed by atoms with van der Waals surface area (Å²) in [7, 11) is -3.56. The van der Waals surface area contributed by atoms with Crippen molar-refractivity contribution in [1.82, 2.24) is 28.7 Å². The number of aryl methyl sites for hydroxylation is 1. The summed E-state index contributed by atoms with van der Waals surface area (Å²) in [5, 5.41) is 0. The minimum absolute atomic E-state index is 0.301. The second kappa shape index (κ2) is 10.6. The largest absolute Gasteiger partial charge is 0.379 e. The Morgan fingerprint density at radius 1 is 1.00 bits per heavy atom. The Labute approximate surface area is 206 Å². The van der Waals surface area contributed by atoms with Crippen LogP contribution in [0.5, 0.6) is 0 Å². The number of sulfonamides is 1. The summed E-state index contributed by atoms with van der Waals surface area (Å²) < 4.78 is 35.4. The number of nitrogens with zero attached hydrogens (tertiary/aromatic N) is 7. The van der Waals surface area contributed by atoms with Crippen molar-refractivity contribution >= 4 is 27.0 Å². The predicted octanol–water partition coefficient (Wildman–Crippen LogP) is 1.97. The van der Waals surface area contributed by atoms with Gasteiger partial charge < -0.3 is 14.2 Å². The molecule has 0 saturated carbocycles. The minimum atomic E-state index is -3.56. The van der Waals surface area contributed by atoms with Gasteiger partial charge in [-0.1, -0.05) is 13.3 Å². The van der Waals surface area contributed by atoms with Crippen LogP contribution in [-0.4, -0.2) is 89.6 Å². The molecule has 0 radical (unpaired) electrons. The minimum Gasteiger partial charge on any atom is -0.379 e. The molecule has 0 aliphatic carbocycles. The molecule has 2 aliphatic heterocycles. The fraction of sp³-hybridized carbons (Fsp3) is 0.542. The second-order valence-corrected chi connectivity index (χ2v) is 11.0. The van der Waals surface area contributed by atoms with Crippen molar-refractivity contribution in [2.75, 3.05) is 57.4 Å². The first-order valence-corrected chi connectivity index (χ1v) is 13.8. The zero-order chi connectivity index (χ0) is 24.3. The van der Waals surface area contributed by atoms with Crippen LogP contribution in [-0.2, 0) is 27.8 Å². The van der Waals surface area contributed by atoms with Crippen LogP contribution < -0.4 is 4.90 Å². The van der Waals surface area contributed by atoms with Crippen LogP contribution in [0.3, 0.4) is 0 Å². The molecule has 2 aromatic heterocycles. The van der Waals surface area contributed by atoms with Crippen molar-refractivity contribution in [3.05, 3.63) is 42.5 Å². The highest BCUT2D eigenvalue weighted by Gasteiger charge is 2.27. The Morgan fingerprint density at radius 3 is 2.46 bits per heavy atom. The maximum absolute atomic E-state index is 13.2. The molecule has 5 rings (SSSR count). The number of hydrogen-bond acceptors (Lipinski definition) is 8. The van der Waals surface area contributed by atoms with E-state index in [0.717, 1.165) is 74.9 Å². The maximum Gasteiger partial charge on any atom is 0.243 e.